The van der Waals surface area contributed by atoms with Crippen molar-refractivity contribution in [3.63, 3.8) is 0 Å². The number of carbonyl (C=O) groups is 1. The first-order valence-corrected chi connectivity index (χ1v) is 15.2. The van der Waals surface area contributed by atoms with Gasteiger partial charge in [-0.1, -0.05) is 57.2 Å². The molecule has 0 bridgehead atoms. The van der Waals surface area contributed by atoms with Crippen LogP contribution in [0.5, 0.6) is 5.75 Å². The zero-order valence-corrected chi connectivity index (χ0v) is 26.1. The Morgan fingerprint density at radius 1 is 0.929 bits per heavy atom. The zero-order valence-electron chi connectivity index (χ0n) is 24.4. The number of halogens is 3. The highest BCUT2D eigenvalue weighted by Gasteiger charge is 2.31. The van der Waals surface area contributed by atoms with E-state index >= 15 is 0 Å². The van der Waals surface area contributed by atoms with E-state index in [1.807, 2.05) is 19.1 Å². The van der Waals surface area contributed by atoms with Gasteiger partial charge in [0.2, 0.25) is 0 Å². The predicted molar refractivity (Wildman–Crippen MR) is 164 cm³/mol. The number of aliphatic carboxylic acids is 1. The minimum atomic E-state index is -4.39. The Labute approximate surface area is 253 Å². The summed E-state index contributed by atoms with van der Waals surface area (Å²) in [4.78, 5) is 18.4. The molecule has 0 amide bonds. The average molecular weight is 614 g/mol. The first-order valence-electron chi connectivity index (χ1n) is 13.4. The Kier molecular flexibility index (Phi) is 9.14. The molecule has 0 aliphatic rings. The Bertz CT molecular complexity index is 1550. The molecule has 1 N–H and O–H groups in total. The van der Waals surface area contributed by atoms with E-state index in [-0.39, 0.29) is 5.41 Å². The maximum atomic E-state index is 13.1. The van der Waals surface area contributed by atoms with Gasteiger partial charge in [-0.05, 0) is 73.2 Å². The zero-order chi connectivity index (χ0) is 30.9. The van der Waals surface area contributed by atoms with Crippen molar-refractivity contribution in [3.05, 3.63) is 99.6 Å². The molecule has 1 heterocycles. The van der Waals surface area contributed by atoms with Crippen molar-refractivity contribution in [1.82, 2.24) is 4.98 Å². The molecule has 0 atom stereocenters. The van der Waals surface area contributed by atoms with E-state index in [2.05, 4.69) is 45.0 Å². The number of alkyl halides is 3. The standard InChI is InChI=1S/C33H34F3NO3S2/c1-20-17-25(15-16-27(20)40-32(5,6)30(38)39)41-19-28-26(18-21-7-11-23(12-8-21)31(2,3)4)37-29(42-28)22-9-13-24(14-10-22)33(34,35)36/h7-17H,18-19H2,1-6H3,(H,38,39). The van der Waals surface area contributed by atoms with Crippen molar-refractivity contribution >= 4 is 29.1 Å². The summed E-state index contributed by atoms with van der Waals surface area (Å²) in [5.41, 5.74) is 2.71. The van der Waals surface area contributed by atoms with Crippen LogP contribution in [-0.2, 0) is 28.6 Å². The molecular formula is C33H34F3NO3S2. The van der Waals surface area contributed by atoms with E-state index < -0.39 is 23.3 Å². The molecule has 222 valence electrons. The number of carboxylic acids is 1. The molecule has 4 aromatic rings. The number of thioether (sulfide) groups is 1. The summed E-state index contributed by atoms with van der Waals surface area (Å²) in [6.45, 7) is 11.4. The lowest BCUT2D eigenvalue weighted by Gasteiger charge is -2.23. The van der Waals surface area contributed by atoms with Crippen LogP contribution in [0, 0.1) is 6.92 Å². The highest BCUT2D eigenvalue weighted by atomic mass is 32.2. The van der Waals surface area contributed by atoms with Gasteiger partial charge in [-0.3, -0.25) is 0 Å². The lowest BCUT2D eigenvalue weighted by molar-refractivity contribution is -0.152. The molecule has 3 aromatic carbocycles. The first kappa shape index (κ1) is 31.6. The molecule has 0 unspecified atom stereocenters. The van der Waals surface area contributed by atoms with Crippen LogP contribution in [-0.4, -0.2) is 21.7 Å². The van der Waals surface area contributed by atoms with Crippen molar-refractivity contribution in [2.75, 3.05) is 0 Å². The number of thiazole rings is 1. The fourth-order valence-electron chi connectivity index (χ4n) is 4.17. The van der Waals surface area contributed by atoms with Gasteiger partial charge in [0.05, 0.1) is 11.3 Å². The van der Waals surface area contributed by atoms with Gasteiger partial charge >= 0.3 is 12.1 Å². The van der Waals surface area contributed by atoms with Crippen molar-refractivity contribution in [2.24, 2.45) is 0 Å². The van der Waals surface area contributed by atoms with Crippen LogP contribution in [0.25, 0.3) is 10.6 Å². The van der Waals surface area contributed by atoms with Gasteiger partial charge in [-0.25, -0.2) is 9.78 Å². The highest BCUT2D eigenvalue weighted by molar-refractivity contribution is 7.98. The monoisotopic (exact) mass is 613 g/mol. The summed E-state index contributed by atoms with van der Waals surface area (Å²) < 4.78 is 45.1. The minimum Gasteiger partial charge on any atom is -0.478 e. The van der Waals surface area contributed by atoms with Gasteiger partial charge in [0.15, 0.2) is 5.60 Å². The van der Waals surface area contributed by atoms with E-state index in [1.165, 1.54) is 42.9 Å². The molecule has 0 spiro atoms. The highest BCUT2D eigenvalue weighted by Crippen LogP contribution is 2.37. The predicted octanol–water partition coefficient (Wildman–Crippen LogP) is 9.56. The van der Waals surface area contributed by atoms with Gasteiger partial charge in [-0.15, -0.1) is 23.1 Å². The maximum absolute atomic E-state index is 13.1. The summed E-state index contributed by atoms with van der Waals surface area (Å²) in [5, 5.41) is 10.1. The molecule has 42 heavy (non-hydrogen) atoms. The second kappa shape index (κ2) is 12.1. The number of aryl methyl sites for hydroxylation is 1. The number of hydrogen-bond donors (Lipinski definition) is 1. The summed E-state index contributed by atoms with van der Waals surface area (Å²) in [5.74, 6) is 0.0806. The maximum Gasteiger partial charge on any atom is 0.416 e. The first-order chi connectivity index (χ1) is 19.5. The number of ether oxygens (including phenoxy) is 1. The average Bonchev–Trinajstić information content (AvgIpc) is 3.30. The summed E-state index contributed by atoms with van der Waals surface area (Å²) in [7, 11) is 0. The number of carboxylic acid groups (broad SMARTS) is 1. The molecule has 4 rings (SSSR count). The van der Waals surface area contributed by atoms with Crippen LogP contribution >= 0.6 is 23.1 Å². The molecule has 0 saturated heterocycles. The third kappa shape index (κ3) is 7.75. The summed E-state index contributed by atoms with van der Waals surface area (Å²) in [6, 6.07) is 19.2. The van der Waals surface area contributed by atoms with E-state index in [9.17, 15) is 23.1 Å². The van der Waals surface area contributed by atoms with E-state index in [0.29, 0.717) is 28.5 Å². The quantitative estimate of drug-likeness (QED) is 0.191. The third-order valence-electron chi connectivity index (χ3n) is 6.83. The van der Waals surface area contributed by atoms with Gasteiger partial charge < -0.3 is 9.84 Å². The minimum absolute atomic E-state index is 0.0405. The fourth-order valence-corrected chi connectivity index (χ4v) is 6.35. The normalized spacial score (nSPS) is 12.4. The van der Waals surface area contributed by atoms with Crippen molar-refractivity contribution in [1.29, 1.82) is 0 Å². The molecule has 0 fully saturated rings. The van der Waals surface area contributed by atoms with Crippen molar-refractivity contribution < 1.29 is 27.8 Å². The number of nitrogens with zero attached hydrogens (tertiary/aromatic N) is 1. The number of aromatic nitrogens is 1. The van der Waals surface area contributed by atoms with E-state index in [0.717, 1.165) is 38.7 Å². The second-order valence-electron chi connectivity index (χ2n) is 11.7. The van der Waals surface area contributed by atoms with Gasteiger partial charge in [0, 0.05) is 27.5 Å². The van der Waals surface area contributed by atoms with Gasteiger partial charge in [0.1, 0.15) is 10.8 Å². The van der Waals surface area contributed by atoms with Crippen molar-refractivity contribution in [3.8, 4) is 16.3 Å². The van der Waals surface area contributed by atoms with Gasteiger partial charge in [0.25, 0.3) is 0 Å². The number of hydrogen-bond acceptors (Lipinski definition) is 5. The molecule has 0 radical (unpaired) electrons. The molecule has 0 aliphatic carbocycles. The Morgan fingerprint density at radius 3 is 2.10 bits per heavy atom. The van der Waals surface area contributed by atoms with Crippen LogP contribution in [0.3, 0.4) is 0 Å². The van der Waals surface area contributed by atoms with Crippen LogP contribution in [0.15, 0.2) is 71.6 Å². The SMILES string of the molecule is Cc1cc(SCc2sc(-c3ccc(C(F)(F)F)cc3)nc2Cc2ccc(C(C)(C)C)cc2)ccc1OC(C)(C)C(=O)O. The van der Waals surface area contributed by atoms with Crippen LogP contribution in [0.1, 0.15) is 67.4 Å². The molecule has 1 aromatic heterocycles. The smallest absolute Gasteiger partial charge is 0.416 e. The second-order valence-corrected chi connectivity index (χ2v) is 13.9. The lowest BCUT2D eigenvalue weighted by Crippen LogP contribution is -2.38. The topological polar surface area (TPSA) is 59.4 Å². The summed E-state index contributed by atoms with van der Waals surface area (Å²) in [6.07, 6.45) is -3.79. The Balaban J connectivity index is 1.59. The Morgan fingerprint density at radius 2 is 1.55 bits per heavy atom. The largest absolute Gasteiger partial charge is 0.478 e. The number of benzene rings is 3. The molecule has 9 heteroatoms. The lowest BCUT2D eigenvalue weighted by atomic mass is 9.86. The number of rotatable bonds is 9. The van der Waals surface area contributed by atoms with Gasteiger partial charge in [-0.2, -0.15) is 13.2 Å². The molecular weight excluding hydrogens is 579 g/mol. The van der Waals surface area contributed by atoms with Crippen LogP contribution in [0.2, 0.25) is 0 Å². The third-order valence-corrected chi connectivity index (χ3v) is 9.18. The van der Waals surface area contributed by atoms with E-state index in [4.69, 9.17) is 9.72 Å². The molecule has 4 nitrogen and oxygen atoms in total. The Hall–Kier alpha value is -3.30. The van der Waals surface area contributed by atoms with Crippen LogP contribution in [0.4, 0.5) is 13.2 Å². The molecule has 0 aliphatic heterocycles. The fraction of sp³-hybridized carbons (Fsp3) is 0.333. The van der Waals surface area contributed by atoms with Crippen LogP contribution < -0.4 is 4.74 Å². The van der Waals surface area contributed by atoms with E-state index in [1.54, 1.807) is 17.8 Å². The van der Waals surface area contributed by atoms with Crippen molar-refractivity contribution in [2.45, 2.75) is 75.8 Å². The molecule has 0 saturated carbocycles. The summed E-state index contributed by atoms with van der Waals surface area (Å²) >= 11 is 3.10.